The molecule has 1 fully saturated rings. The molecule has 0 radical (unpaired) electrons. The summed E-state index contributed by atoms with van der Waals surface area (Å²) in [7, 11) is 2.39. The van der Waals surface area contributed by atoms with Crippen LogP contribution < -0.4 is 15.8 Å². The zero-order valence-electron chi connectivity index (χ0n) is 20.7. The average Bonchev–Trinajstić information content (AvgIpc) is 3.37. The molecule has 0 unspecified atom stereocenters. The molecule has 0 bridgehead atoms. The predicted molar refractivity (Wildman–Crippen MR) is 135 cm³/mol. The van der Waals surface area contributed by atoms with Gasteiger partial charge in [-0.2, -0.15) is 0 Å². The van der Waals surface area contributed by atoms with Gasteiger partial charge in [-0.05, 0) is 55.8 Å². The highest BCUT2D eigenvalue weighted by Gasteiger charge is 2.33. The van der Waals surface area contributed by atoms with Gasteiger partial charge in [-0.15, -0.1) is 11.3 Å². The van der Waals surface area contributed by atoms with E-state index in [-0.39, 0.29) is 18.2 Å². The van der Waals surface area contributed by atoms with Crippen molar-refractivity contribution in [2.45, 2.75) is 44.3 Å². The van der Waals surface area contributed by atoms with E-state index in [1.165, 1.54) is 25.6 Å². The number of thiophene rings is 1. The molecular weight excluding hydrogens is 500 g/mol. The Hall–Kier alpha value is -3.77. The summed E-state index contributed by atoms with van der Waals surface area (Å²) in [5.41, 5.74) is 5.97. The van der Waals surface area contributed by atoms with Gasteiger partial charge in [0.2, 0.25) is 5.91 Å². The van der Waals surface area contributed by atoms with Crippen molar-refractivity contribution >= 4 is 41.0 Å². The second-order valence-corrected chi connectivity index (χ2v) is 9.61. The Morgan fingerprint density at radius 1 is 1.11 bits per heavy atom. The maximum Gasteiger partial charge on any atom is 0.353 e. The number of amides is 1. The summed E-state index contributed by atoms with van der Waals surface area (Å²) in [4.78, 5) is 52.7. The van der Waals surface area contributed by atoms with Gasteiger partial charge in [0.25, 0.3) is 0 Å². The highest BCUT2D eigenvalue weighted by atomic mass is 32.1. The van der Waals surface area contributed by atoms with Crippen LogP contribution in [0.25, 0.3) is 0 Å². The van der Waals surface area contributed by atoms with E-state index in [9.17, 15) is 19.2 Å². The van der Waals surface area contributed by atoms with Gasteiger partial charge in [0.05, 0.1) is 26.7 Å². The number of hydrogen-bond acceptors (Lipinski definition) is 10. The molecule has 0 saturated carbocycles. The van der Waals surface area contributed by atoms with E-state index in [4.69, 9.17) is 20.6 Å². The zero-order chi connectivity index (χ0) is 26.9. The van der Waals surface area contributed by atoms with Crippen molar-refractivity contribution in [3.05, 3.63) is 51.7 Å². The largest absolute Gasteiger partial charge is 0.469 e. The molecule has 1 aromatic carbocycles. The van der Waals surface area contributed by atoms with Crippen LogP contribution in [0.2, 0.25) is 0 Å². The SMILES string of the molecule is COC(=O)C[C@H](NC(=O)[C@@H]1CCCCN1Cc1ccc(C(=O)Oc2ccc(C(=N)N)cc2)s1)C(=O)OC. The van der Waals surface area contributed by atoms with Crippen LogP contribution >= 0.6 is 11.3 Å². The second-order valence-electron chi connectivity index (χ2n) is 8.44. The number of likely N-dealkylation sites (tertiary alicyclic amines) is 1. The first kappa shape index (κ1) is 27.8. The van der Waals surface area contributed by atoms with Gasteiger partial charge in [0, 0.05) is 17.0 Å². The Bertz CT molecular complexity index is 1150. The normalized spacial score (nSPS) is 16.3. The van der Waals surface area contributed by atoms with Crippen molar-refractivity contribution in [2.24, 2.45) is 5.73 Å². The lowest BCUT2D eigenvalue weighted by Crippen LogP contribution is -2.53. The van der Waals surface area contributed by atoms with Gasteiger partial charge in [0.15, 0.2) is 0 Å². The third kappa shape index (κ3) is 7.61. The standard InChI is InChI=1S/C25H30N4O7S/c1-34-21(30)13-18(24(32)35-2)28-23(31)19-5-3-4-12-29(19)14-17-10-11-20(37-17)25(33)36-16-8-6-15(7-9-16)22(26)27/h6-11,18-19H,3-5,12-14H2,1-2H3,(H3,26,27)(H,28,31)/t18-,19-/m0/s1. The van der Waals surface area contributed by atoms with Crippen molar-refractivity contribution in [3.8, 4) is 5.75 Å². The molecule has 2 heterocycles. The summed E-state index contributed by atoms with van der Waals surface area (Å²) in [5.74, 6) is -1.98. The highest BCUT2D eigenvalue weighted by molar-refractivity contribution is 7.13. The summed E-state index contributed by atoms with van der Waals surface area (Å²) in [6, 6.07) is 8.19. The van der Waals surface area contributed by atoms with Gasteiger partial charge in [0.1, 0.15) is 22.5 Å². The lowest BCUT2D eigenvalue weighted by atomic mass is 10.0. The van der Waals surface area contributed by atoms with E-state index in [2.05, 4.69) is 10.1 Å². The summed E-state index contributed by atoms with van der Waals surface area (Å²) >= 11 is 1.27. The van der Waals surface area contributed by atoms with Crippen molar-refractivity contribution in [2.75, 3.05) is 20.8 Å². The first-order chi connectivity index (χ1) is 17.7. The molecule has 11 nitrogen and oxygen atoms in total. The number of nitrogens with one attached hydrogen (secondary N) is 2. The third-order valence-electron chi connectivity index (χ3n) is 5.91. The van der Waals surface area contributed by atoms with Crippen molar-refractivity contribution in [3.63, 3.8) is 0 Å². The number of rotatable bonds is 10. The average molecular weight is 531 g/mol. The summed E-state index contributed by atoms with van der Waals surface area (Å²) < 4.78 is 14.8. The number of esters is 3. The first-order valence-corrected chi connectivity index (χ1v) is 12.5. The van der Waals surface area contributed by atoms with E-state index in [0.717, 1.165) is 17.7 Å². The quantitative estimate of drug-likeness (QED) is 0.180. The molecule has 1 aromatic heterocycles. The fraction of sp³-hybridized carbons (Fsp3) is 0.400. The molecular formula is C25H30N4O7S. The van der Waals surface area contributed by atoms with E-state index < -0.39 is 30.0 Å². The van der Waals surface area contributed by atoms with Crippen LogP contribution in [0, 0.1) is 5.41 Å². The number of ether oxygens (including phenoxy) is 3. The van der Waals surface area contributed by atoms with E-state index in [1.807, 2.05) is 11.0 Å². The molecule has 4 N–H and O–H groups in total. The first-order valence-electron chi connectivity index (χ1n) is 11.7. The summed E-state index contributed by atoms with van der Waals surface area (Å²) in [6.45, 7) is 1.10. The molecule has 0 spiro atoms. The molecule has 1 amide bonds. The molecule has 37 heavy (non-hydrogen) atoms. The van der Waals surface area contributed by atoms with Crippen molar-refractivity contribution in [1.82, 2.24) is 10.2 Å². The maximum atomic E-state index is 13.1. The number of nitrogens with zero attached hydrogens (tertiary/aromatic N) is 1. The highest BCUT2D eigenvalue weighted by Crippen LogP contribution is 2.25. The molecule has 198 valence electrons. The fourth-order valence-electron chi connectivity index (χ4n) is 3.96. The molecule has 0 aliphatic carbocycles. The van der Waals surface area contributed by atoms with Gasteiger partial charge in [-0.25, -0.2) is 9.59 Å². The number of hydrogen-bond donors (Lipinski definition) is 3. The number of amidine groups is 1. The zero-order valence-corrected chi connectivity index (χ0v) is 21.5. The molecule has 1 aliphatic heterocycles. The number of carbonyl (C=O) groups is 4. The van der Waals surface area contributed by atoms with Gasteiger partial charge in [-0.1, -0.05) is 6.42 Å². The Labute approximate surface area is 218 Å². The fourth-order valence-corrected chi connectivity index (χ4v) is 4.87. The van der Waals surface area contributed by atoms with E-state index >= 15 is 0 Å². The van der Waals surface area contributed by atoms with Crippen LogP contribution in [-0.2, 0) is 30.4 Å². The minimum Gasteiger partial charge on any atom is -0.469 e. The van der Waals surface area contributed by atoms with Crippen molar-refractivity contribution < 1.29 is 33.4 Å². The van der Waals surface area contributed by atoms with Crippen LogP contribution in [0.4, 0.5) is 0 Å². The maximum absolute atomic E-state index is 13.1. The second kappa shape index (κ2) is 13.0. The number of nitrogen functional groups attached to an aromatic ring is 1. The van der Waals surface area contributed by atoms with Crippen LogP contribution in [0.3, 0.4) is 0 Å². The number of benzene rings is 1. The monoisotopic (exact) mass is 530 g/mol. The molecule has 1 saturated heterocycles. The minimum atomic E-state index is -1.14. The number of carbonyl (C=O) groups excluding carboxylic acids is 4. The summed E-state index contributed by atoms with van der Waals surface area (Å²) in [5, 5.41) is 10.1. The molecule has 2 atom stereocenters. The Balaban J connectivity index is 1.64. The molecule has 3 rings (SSSR count). The van der Waals surface area contributed by atoms with Crippen LogP contribution in [-0.4, -0.2) is 67.4 Å². The third-order valence-corrected chi connectivity index (χ3v) is 6.96. The van der Waals surface area contributed by atoms with E-state index in [1.54, 1.807) is 30.3 Å². The molecule has 12 heteroatoms. The number of nitrogens with two attached hydrogens (primary N) is 1. The Morgan fingerprint density at radius 3 is 2.49 bits per heavy atom. The predicted octanol–water partition coefficient (Wildman–Crippen LogP) is 1.83. The van der Waals surface area contributed by atoms with Crippen LogP contribution in [0.5, 0.6) is 5.75 Å². The topological polar surface area (TPSA) is 161 Å². The van der Waals surface area contributed by atoms with Gasteiger partial charge in [-0.3, -0.25) is 19.9 Å². The number of piperidine rings is 1. The van der Waals surface area contributed by atoms with Gasteiger partial charge < -0.3 is 25.3 Å². The molecule has 2 aromatic rings. The number of methoxy groups -OCH3 is 2. The molecule has 1 aliphatic rings. The van der Waals surface area contributed by atoms with Gasteiger partial charge >= 0.3 is 17.9 Å². The van der Waals surface area contributed by atoms with Crippen LogP contribution in [0.1, 0.15) is 45.8 Å². The smallest absolute Gasteiger partial charge is 0.353 e. The summed E-state index contributed by atoms with van der Waals surface area (Å²) in [6.07, 6.45) is 2.02. The minimum absolute atomic E-state index is 0.0743. The van der Waals surface area contributed by atoms with Crippen molar-refractivity contribution in [1.29, 1.82) is 5.41 Å². The van der Waals surface area contributed by atoms with E-state index in [0.29, 0.717) is 35.7 Å². The Morgan fingerprint density at radius 2 is 1.84 bits per heavy atom. The lowest BCUT2D eigenvalue weighted by Gasteiger charge is -2.35. The Kier molecular flexibility index (Phi) is 9.75. The lowest BCUT2D eigenvalue weighted by molar-refractivity contribution is -0.151. The van der Waals surface area contributed by atoms with Crippen LogP contribution in [0.15, 0.2) is 36.4 Å².